The topological polar surface area (TPSA) is 3.24 Å². The fourth-order valence-corrected chi connectivity index (χ4v) is 2.22. The van der Waals surface area contributed by atoms with Gasteiger partial charge in [0.15, 0.2) is 0 Å². The van der Waals surface area contributed by atoms with E-state index >= 15 is 0 Å². The second-order valence-electron chi connectivity index (χ2n) is 4.39. The molecule has 1 heteroatoms. The fourth-order valence-electron chi connectivity index (χ4n) is 2.22. The maximum absolute atomic E-state index is 3.92. The molecule has 0 aromatic heterocycles. The van der Waals surface area contributed by atoms with Gasteiger partial charge in [0.25, 0.3) is 0 Å². The number of nitrogens with zero attached hydrogens (tertiary/aromatic N) is 1. The van der Waals surface area contributed by atoms with E-state index in [2.05, 4.69) is 62.7 Å². The quantitative estimate of drug-likeness (QED) is 0.755. The lowest BCUT2D eigenvalue weighted by Gasteiger charge is -2.21. The summed E-state index contributed by atoms with van der Waals surface area (Å²) in [6.07, 6.45) is 1.94. The summed E-state index contributed by atoms with van der Waals surface area (Å²) in [6, 6.07) is 10.8. The minimum Gasteiger partial charge on any atom is -0.374 e. The zero-order chi connectivity index (χ0) is 12.4. The summed E-state index contributed by atoms with van der Waals surface area (Å²) in [5.74, 6) is 0. The molecule has 0 N–H and O–H groups in total. The molecular formula is C16H19N. The predicted molar refractivity (Wildman–Crippen MR) is 77.7 cm³/mol. The number of hydrogen-bond donors (Lipinski definition) is 0. The maximum atomic E-state index is 3.92. The first kappa shape index (κ1) is 11.7. The van der Waals surface area contributed by atoms with Crippen LogP contribution in [0.2, 0.25) is 0 Å². The number of aryl methyl sites for hydroxylation is 1. The minimum absolute atomic E-state index is 1.00. The Morgan fingerprint density at radius 2 is 2.00 bits per heavy atom. The van der Waals surface area contributed by atoms with Gasteiger partial charge in [0.2, 0.25) is 0 Å². The molecule has 0 saturated carbocycles. The van der Waals surface area contributed by atoms with E-state index in [1.165, 1.54) is 27.6 Å². The third kappa shape index (κ3) is 1.93. The van der Waals surface area contributed by atoms with Crippen molar-refractivity contribution in [2.45, 2.75) is 13.8 Å². The molecule has 88 valence electrons. The van der Waals surface area contributed by atoms with Crippen LogP contribution in [0.5, 0.6) is 0 Å². The zero-order valence-electron chi connectivity index (χ0n) is 10.8. The number of rotatable bonds is 3. The maximum Gasteiger partial charge on any atom is 0.0449 e. The Hall–Kier alpha value is -1.76. The number of hydrogen-bond acceptors (Lipinski definition) is 1. The lowest BCUT2D eigenvalue weighted by molar-refractivity contribution is 0.973. The van der Waals surface area contributed by atoms with Crippen LogP contribution in [0.25, 0.3) is 16.8 Å². The van der Waals surface area contributed by atoms with Crippen molar-refractivity contribution in [3.63, 3.8) is 0 Å². The lowest BCUT2D eigenvalue weighted by Crippen LogP contribution is -2.16. The minimum atomic E-state index is 1.00. The Labute approximate surface area is 103 Å². The van der Waals surface area contributed by atoms with E-state index in [-0.39, 0.29) is 0 Å². The molecule has 0 heterocycles. The van der Waals surface area contributed by atoms with Gasteiger partial charge in [0, 0.05) is 24.7 Å². The van der Waals surface area contributed by atoms with Gasteiger partial charge in [-0.3, -0.25) is 0 Å². The van der Waals surface area contributed by atoms with E-state index in [9.17, 15) is 0 Å². The molecule has 0 radical (unpaired) electrons. The second-order valence-corrected chi connectivity index (χ2v) is 4.39. The second kappa shape index (κ2) is 4.62. The van der Waals surface area contributed by atoms with Crippen molar-refractivity contribution in [1.82, 2.24) is 0 Å². The molecule has 1 nitrogen and oxygen atoms in total. The van der Waals surface area contributed by atoms with Crippen LogP contribution in [-0.4, -0.2) is 13.6 Å². The summed E-state index contributed by atoms with van der Waals surface area (Å²) in [6.45, 7) is 9.25. The van der Waals surface area contributed by atoms with Crippen LogP contribution in [0, 0.1) is 6.92 Å². The summed E-state index contributed by atoms with van der Waals surface area (Å²) in [5.41, 5.74) is 3.81. The van der Waals surface area contributed by atoms with Gasteiger partial charge < -0.3 is 4.90 Å². The van der Waals surface area contributed by atoms with Crippen molar-refractivity contribution in [1.29, 1.82) is 0 Å². The highest BCUT2D eigenvalue weighted by Gasteiger charge is 2.09. The zero-order valence-corrected chi connectivity index (χ0v) is 10.8. The summed E-state index contributed by atoms with van der Waals surface area (Å²) in [4.78, 5) is 2.27. The smallest absolute Gasteiger partial charge is 0.0449 e. The van der Waals surface area contributed by atoms with E-state index in [1.807, 2.05) is 6.08 Å². The highest BCUT2D eigenvalue weighted by Crippen LogP contribution is 2.32. The molecule has 0 fully saturated rings. The van der Waals surface area contributed by atoms with E-state index in [1.54, 1.807) is 0 Å². The monoisotopic (exact) mass is 225 g/mol. The molecule has 0 saturated heterocycles. The van der Waals surface area contributed by atoms with Gasteiger partial charge in [0.1, 0.15) is 0 Å². The highest BCUT2D eigenvalue weighted by atomic mass is 15.1. The average molecular weight is 225 g/mol. The van der Waals surface area contributed by atoms with Gasteiger partial charge in [-0.2, -0.15) is 0 Å². The Morgan fingerprint density at radius 1 is 1.24 bits per heavy atom. The standard InChI is InChI=1S/C16H19N/c1-5-13-8-7-9-14-12(3)10-11-15(16(13)14)17(4)6-2/h5,7-11H,1,6H2,2-4H3. The van der Waals surface area contributed by atoms with Crippen LogP contribution < -0.4 is 4.90 Å². The molecule has 17 heavy (non-hydrogen) atoms. The Morgan fingerprint density at radius 3 is 2.65 bits per heavy atom. The Balaban J connectivity index is 2.85. The molecule has 0 bridgehead atoms. The van der Waals surface area contributed by atoms with E-state index in [0.29, 0.717) is 0 Å². The van der Waals surface area contributed by atoms with Gasteiger partial charge >= 0.3 is 0 Å². The van der Waals surface area contributed by atoms with Crippen LogP contribution in [0.1, 0.15) is 18.1 Å². The first-order chi connectivity index (χ1) is 8.19. The Bertz CT molecular complexity index is 555. The lowest BCUT2D eigenvalue weighted by atomic mass is 9.98. The molecule has 0 spiro atoms. The molecule has 0 amide bonds. The van der Waals surface area contributed by atoms with Crippen molar-refractivity contribution in [3.05, 3.63) is 48.0 Å². The van der Waals surface area contributed by atoms with Gasteiger partial charge in [0.05, 0.1) is 0 Å². The van der Waals surface area contributed by atoms with Gasteiger partial charge in [-0.05, 0) is 36.4 Å². The summed E-state index contributed by atoms with van der Waals surface area (Å²) < 4.78 is 0. The molecule has 0 aliphatic rings. The first-order valence-corrected chi connectivity index (χ1v) is 6.05. The highest BCUT2D eigenvalue weighted by molar-refractivity contribution is 6.01. The van der Waals surface area contributed by atoms with Gasteiger partial charge in [-0.1, -0.05) is 36.9 Å². The fraction of sp³-hybridized carbons (Fsp3) is 0.250. The van der Waals surface area contributed by atoms with Crippen LogP contribution >= 0.6 is 0 Å². The number of fused-ring (bicyclic) bond motifs is 1. The molecule has 2 aromatic rings. The normalized spacial score (nSPS) is 10.5. The largest absolute Gasteiger partial charge is 0.374 e. The number of benzene rings is 2. The van der Waals surface area contributed by atoms with Gasteiger partial charge in [-0.25, -0.2) is 0 Å². The third-order valence-electron chi connectivity index (χ3n) is 3.37. The molecule has 0 aliphatic carbocycles. The van der Waals surface area contributed by atoms with Gasteiger partial charge in [-0.15, -0.1) is 0 Å². The predicted octanol–water partition coefficient (Wildman–Crippen LogP) is 4.25. The molecular weight excluding hydrogens is 206 g/mol. The van der Waals surface area contributed by atoms with E-state index in [0.717, 1.165) is 6.54 Å². The Kier molecular flexibility index (Phi) is 3.19. The van der Waals surface area contributed by atoms with E-state index in [4.69, 9.17) is 0 Å². The first-order valence-electron chi connectivity index (χ1n) is 6.05. The van der Waals surface area contributed by atoms with Crippen molar-refractivity contribution < 1.29 is 0 Å². The molecule has 2 aromatic carbocycles. The summed E-state index contributed by atoms with van der Waals surface area (Å²) in [5, 5.41) is 2.63. The molecule has 0 aliphatic heterocycles. The molecule has 0 atom stereocenters. The van der Waals surface area contributed by atoms with Crippen molar-refractivity contribution in [2.75, 3.05) is 18.5 Å². The molecule has 2 rings (SSSR count). The molecule has 0 unspecified atom stereocenters. The summed E-state index contributed by atoms with van der Waals surface area (Å²) in [7, 11) is 2.13. The van der Waals surface area contributed by atoms with Crippen LogP contribution in [0.3, 0.4) is 0 Å². The third-order valence-corrected chi connectivity index (χ3v) is 3.37. The van der Waals surface area contributed by atoms with Crippen molar-refractivity contribution in [3.8, 4) is 0 Å². The summed E-state index contributed by atoms with van der Waals surface area (Å²) >= 11 is 0. The SMILES string of the molecule is C=Cc1cccc2c(C)ccc(N(C)CC)c12. The van der Waals surface area contributed by atoms with Crippen LogP contribution in [0.15, 0.2) is 36.9 Å². The average Bonchev–Trinajstić information content (AvgIpc) is 2.38. The van der Waals surface area contributed by atoms with E-state index < -0.39 is 0 Å². The van der Waals surface area contributed by atoms with Crippen LogP contribution in [0.4, 0.5) is 5.69 Å². The number of anilines is 1. The van der Waals surface area contributed by atoms with Crippen LogP contribution in [-0.2, 0) is 0 Å². The van der Waals surface area contributed by atoms with Crippen molar-refractivity contribution >= 4 is 22.5 Å². The van der Waals surface area contributed by atoms with Crippen molar-refractivity contribution in [2.24, 2.45) is 0 Å².